The quantitative estimate of drug-likeness (QED) is 0.506. The minimum Gasteiger partial charge on any atom is -0.440 e. The van der Waals surface area contributed by atoms with Crippen molar-refractivity contribution in [2.75, 3.05) is 0 Å². The van der Waals surface area contributed by atoms with E-state index in [-0.39, 0.29) is 0 Å². The average molecular weight is 198 g/mol. The Morgan fingerprint density at radius 1 is 1.40 bits per heavy atom. The highest BCUT2D eigenvalue weighted by atomic mass is 16.5. The standard InChI is InChI=1S/C13H10O2/c1-3-11(2)15-13(14)10-9-12-7-5-4-6-8-12/h1,4-8,11H,2H3/t11-/m0/s1. The van der Waals surface area contributed by atoms with Crippen LogP contribution in [0, 0.1) is 24.2 Å². The van der Waals surface area contributed by atoms with Gasteiger partial charge in [-0.15, -0.1) is 6.42 Å². The van der Waals surface area contributed by atoms with Crippen molar-refractivity contribution in [3.8, 4) is 24.2 Å². The molecule has 0 bridgehead atoms. The van der Waals surface area contributed by atoms with Gasteiger partial charge in [-0.05, 0) is 19.1 Å². The molecule has 0 spiro atoms. The molecule has 0 fully saturated rings. The monoisotopic (exact) mass is 198 g/mol. The van der Waals surface area contributed by atoms with Crippen LogP contribution < -0.4 is 0 Å². The van der Waals surface area contributed by atoms with Gasteiger partial charge in [-0.25, -0.2) is 4.79 Å². The van der Waals surface area contributed by atoms with Crippen LogP contribution in [0.2, 0.25) is 0 Å². The molecule has 0 N–H and O–H groups in total. The van der Waals surface area contributed by atoms with Crippen molar-refractivity contribution < 1.29 is 9.53 Å². The molecule has 0 aromatic heterocycles. The molecule has 0 saturated heterocycles. The fourth-order valence-corrected chi connectivity index (χ4v) is 0.869. The summed E-state index contributed by atoms with van der Waals surface area (Å²) < 4.78 is 4.77. The summed E-state index contributed by atoms with van der Waals surface area (Å²) in [4.78, 5) is 11.1. The van der Waals surface area contributed by atoms with Gasteiger partial charge in [-0.1, -0.05) is 30.0 Å². The molecule has 1 aromatic carbocycles. The summed E-state index contributed by atoms with van der Waals surface area (Å²) in [6, 6.07) is 9.19. The Balaban J connectivity index is 2.60. The molecular weight excluding hydrogens is 188 g/mol. The van der Waals surface area contributed by atoms with E-state index in [2.05, 4.69) is 17.8 Å². The number of hydrogen-bond acceptors (Lipinski definition) is 2. The summed E-state index contributed by atoms with van der Waals surface area (Å²) in [5, 5.41) is 0. The second-order valence-electron chi connectivity index (χ2n) is 2.83. The third kappa shape index (κ3) is 4.02. The van der Waals surface area contributed by atoms with Crippen LogP contribution in [0.5, 0.6) is 0 Å². The van der Waals surface area contributed by atoms with E-state index in [0.29, 0.717) is 0 Å². The van der Waals surface area contributed by atoms with Crippen molar-refractivity contribution >= 4 is 5.97 Å². The lowest BCUT2D eigenvalue weighted by Gasteiger charge is -2.01. The first-order valence-electron chi connectivity index (χ1n) is 4.46. The van der Waals surface area contributed by atoms with E-state index in [0.717, 1.165) is 5.56 Å². The number of carbonyl (C=O) groups excluding carboxylic acids is 1. The van der Waals surface area contributed by atoms with Crippen molar-refractivity contribution in [1.82, 2.24) is 0 Å². The van der Waals surface area contributed by atoms with Crippen LogP contribution >= 0.6 is 0 Å². The summed E-state index contributed by atoms with van der Waals surface area (Å²) in [6.07, 6.45) is 4.51. The molecule has 0 aliphatic heterocycles. The number of carbonyl (C=O) groups is 1. The minimum atomic E-state index is -0.607. The van der Waals surface area contributed by atoms with Gasteiger partial charge in [0.05, 0.1) is 0 Å². The van der Waals surface area contributed by atoms with E-state index in [1.54, 1.807) is 6.92 Å². The molecule has 2 nitrogen and oxygen atoms in total. The normalized spacial score (nSPS) is 10.4. The third-order valence-electron chi connectivity index (χ3n) is 1.60. The smallest absolute Gasteiger partial charge is 0.385 e. The summed E-state index contributed by atoms with van der Waals surface area (Å²) in [6.45, 7) is 1.61. The first-order valence-corrected chi connectivity index (χ1v) is 4.46. The van der Waals surface area contributed by atoms with Gasteiger partial charge < -0.3 is 4.74 Å². The number of hydrogen-bond donors (Lipinski definition) is 0. The van der Waals surface area contributed by atoms with Gasteiger partial charge in [0.2, 0.25) is 0 Å². The lowest BCUT2D eigenvalue weighted by Crippen LogP contribution is -2.10. The van der Waals surface area contributed by atoms with Crippen LogP contribution in [0.3, 0.4) is 0 Å². The molecule has 2 heteroatoms. The van der Waals surface area contributed by atoms with Crippen molar-refractivity contribution in [3.05, 3.63) is 35.9 Å². The van der Waals surface area contributed by atoms with Crippen molar-refractivity contribution in [3.63, 3.8) is 0 Å². The predicted octanol–water partition coefficient (Wildman–Crippen LogP) is 1.60. The zero-order valence-electron chi connectivity index (χ0n) is 8.36. The van der Waals surface area contributed by atoms with Crippen LogP contribution in [0.25, 0.3) is 0 Å². The Kier molecular flexibility index (Phi) is 4.01. The molecule has 74 valence electrons. The molecule has 1 rings (SSSR count). The molecule has 0 heterocycles. The summed E-state index contributed by atoms with van der Waals surface area (Å²) >= 11 is 0. The highest BCUT2D eigenvalue weighted by Gasteiger charge is 2.01. The minimum absolute atomic E-state index is 0.539. The van der Waals surface area contributed by atoms with Crippen LogP contribution in [0.1, 0.15) is 12.5 Å². The average Bonchev–Trinajstić information content (AvgIpc) is 2.27. The number of rotatable bonds is 1. The van der Waals surface area contributed by atoms with Crippen LogP contribution in [0.15, 0.2) is 30.3 Å². The van der Waals surface area contributed by atoms with Gasteiger partial charge in [0.25, 0.3) is 0 Å². The zero-order valence-corrected chi connectivity index (χ0v) is 8.36. The molecule has 0 amide bonds. The SMILES string of the molecule is C#C[C@H](C)OC(=O)C#Cc1ccccc1. The molecule has 0 saturated carbocycles. The topological polar surface area (TPSA) is 26.3 Å². The fraction of sp³-hybridized carbons (Fsp3) is 0.154. The third-order valence-corrected chi connectivity index (χ3v) is 1.60. The number of ether oxygens (including phenoxy) is 1. The Morgan fingerprint density at radius 2 is 2.07 bits per heavy atom. The molecule has 1 atom stereocenters. The van der Waals surface area contributed by atoms with Gasteiger partial charge in [0, 0.05) is 11.5 Å². The second-order valence-corrected chi connectivity index (χ2v) is 2.83. The highest BCUT2D eigenvalue weighted by molar-refractivity contribution is 5.89. The van der Waals surface area contributed by atoms with E-state index in [4.69, 9.17) is 11.2 Å². The maximum absolute atomic E-state index is 11.1. The Labute approximate surface area is 89.3 Å². The second kappa shape index (κ2) is 5.52. The zero-order chi connectivity index (χ0) is 11.1. The van der Waals surface area contributed by atoms with E-state index in [1.165, 1.54) is 0 Å². The van der Waals surface area contributed by atoms with E-state index in [9.17, 15) is 4.79 Å². The van der Waals surface area contributed by atoms with Crippen LogP contribution in [-0.2, 0) is 9.53 Å². The molecule has 15 heavy (non-hydrogen) atoms. The summed E-state index contributed by atoms with van der Waals surface area (Å²) in [5.74, 6) is 6.71. The van der Waals surface area contributed by atoms with E-state index < -0.39 is 12.1 Å². The van der Waals surface area contributed by atoms with Crippen LogP contribution in [0.4, 0.5) is 0 Å². The molecule has 0 radical (unpaired) electrons. The molecule has 0 aliphatic rings. The van der Waals surface area contributed by atoms with Crippen molar-refractivity contribution in [2.24, 2.45) is 0 Å². The largest absolute Gasteiger partial charge is 0.440 e. The van der Waals surface area contributed by atoms with Gasteiger partial charge >= 0.3 is 5.97 Å². The lowest BCUT2D eigenvalue weighted by atomic mass is 10.2. The number of terminal acetylenes is 1. The van der Waals surface area contributed by atoms with Gasteiger partial charge in [-0.2, -0.15) is 0 Å². The summed E-state index contributed by atoms with van der Waals surface area (Å²) in [5.41, 5.74) is 0.766. The maximum Gasteiger partial charge on any atom is 0.385 e. The lowest BCUT2D eigenvalue weighted by molar-refractivity contribution is -0.138. The van der Waals surface area contributed by atoms with Gasteiger partial charge in [-0.3, -0.25) is 0 Å². The predicted molar refractivity (Wildman–Crippen MR) is 57.7 cm³/mol. The van der Waals surface area contributed by atoms with E-state index >= 15 is 0 Å². The van der Waals surface area contributed by atoms with Crippen molar-refractivity contribution in [2.45, 2.75) is 13.0 Å². The first-order chi connectivity index (χ1) is 7.22. The van der Waals surface area contributed by atoms with E-state index in [1.807, 2.05) is 30.3 Å². The molecule has 0 unspecified atom stereocenters. The summed E-state index contributed by atoms with van der Waals surface area (Å²) in [7, 11) is 0. The molecular formula is C13H10O2. The van der Waals surface area contributed by atoms with Crippen molar-refractivity contribution in [1.29, 1.82) is 0 Å². The van der Waals surface area contributed by atoms with Gasteiger partial charge in [0.15, 0.2) is 6.10 Å². The Morgan fingerprint density at radius 3 is 2.67 bits per heavy atom. The first kappa shape index (κ1) is 10.9. The number of benzene rings is 1. The maximum atomic E-state index is 11.1. The van der Waals surface area contributed by atoms with Gasteiger partial charge in [0.1, 0.15) is 0 Å². The number of esters is 1. The Bertz CT molecular complexity index is 429. The Hall–Kier alpha value is -2.19. The molecule has 0 aliphatic carbocycles. The fourth-order valence-electron chi connectivity index (χ4n) is 0.869. The molecule has 1 aromatic rings. The highest BCUT2D eigenvalue weighted by Crippen LogP contribution is 1.95. The van der Waals surface area contributed by atoms with Crippen LogP contribution in [-0.4, -0.2) is 12.1 Å².